The molecule has 4 rings (SSSR count). The average molecular weight is 568 g/mol. The Bertz CT molecular complexity index is 1100. The number of ether oxygens (including phenoxy) is 5. The summed E-state index contributed by atoms with van der Waals surface area (Å²) in [7, 11) is 4.69. The van der Waals surface area contributed by atoms with E-state index in [-0.39, 0.29) is 5.92 Å². The molecule has 2 atom stereocenters. The van der Waals surface area contributed by atoms with E-state index in [1.165, 1.54) is 0 Å². The Kier molecular flexibility index (Phi) is 11.5. The molecule has 2 aliphatic rings. The Hall–Kier alpha value is -3.10. The number of hydrogen-bond donors (Lipinski definition) is 1. The van der Waals surface area contributed by atoms with E-state index in [0.29, 0.717) is 49.7 Å². The van der Waals surface area contributed by atoms with E-state index in [2.05, 4.69) is 5.32 Å². The molecule has 2 aromatic carbocycles. The van der Waals surface area contributed by atoms with Crippen molar-refractivity contribution in [1.29, 1.82) is 0 Å². The third-order valence-electron chi connectivity index (χ3n) is 8.61. The number of piperidine rings is 1. The van der Waals surface area contributed by atoms with Gasteiger partial charge >= 0.3 is 11.9 Å². The Balaban J connectivity index is 1.69. The molecule has 224 valence electrons. The SMILES string of the molecule is COc1cc([C@@](CCCOCc2ccccc2)(C(=O)OC(=O)C2CCCCN2)C2CCCCC2)cc(OC)c1OC. The van der Waals surface area contributed by atoms with Gasteiger partial charge in [-0.25, -0.2) is 4.79 Å². The summed E-state index contributed by atoms with van der Waals surface area (Å²) in [5, 5.41) is 3.22. The number of benzene rings is 2. The van der Waals surface area contributed by atoms with E-state index in [1.54, 1.807) is 21.3 Å². The second-order valence-corrected chi connectivity index (χ2v) is 11.1. The number of methoxy groups -OCH3 is 3. The number of nitrogens with one attached hydrogen (secondary N) is 1. The third kappa shape index (κ3) is 7.41. The zero-order chi connectivity index (χ0) is 29.1. The summed E-state index contributed by atoms with van der Waals surface area (Å²) in [6.07, 6.45) is 8.60. The summed E-state index contributed by atoms with van der Waals surface area (Å²) < 4.78 is 28.8. The molecule has 1 unspecified atom stereocenters. The fraction of sp³-hybridized carbons (Fsp3) is 0.576. The summed E-state index contributed by atoms with van der Waals surface area (Å²) in [5.74, 6) is 0.388. The monoisotopic (exact) mass is 567 g/mol. The molecule has 1 saturated carbocycles. The predicted octanol–water partition coefficient (Wildman–Crippen LogP) is 5.74. The van der Waals surface area contributed by atoms with Gasteiger partial charge in [-0.05, 0) is 74.2 Å². The fourth-order valence-electron chi connectivity index (χ4n) is 6.43. The molecule has 1 aliphatic heterocycles. The highest BCUT2D eigenvalue weighted by Gasteiger charge is 2.50. The van der Waals surface area contributed by atoms with Gasteiger partial charge in [0.1, 0.15) is 6.04 Å². The Labute approximate surface area is 244 Å². The van der Waals surface area contributed by atoms with Crippen LogP contribution in [-0.4, -0.2) is 52.5 Å². The van der Waals surface area contributed by atoms with Crippen LogP contribution in [0.5, 0.6) is 17.2 Å². The van der Waals surface area contributed by atoms with Gasteiger partial charge in [0.25, 0.3) is 0 Å². The highest BCUT2D eigenvalue weighted by atomic mass is 16.6. The minimum absolute atomic E-state index is 0.00667. The lowest BCUT2D eigenvalue weighted by Gasteiger charge is -2.41. The van der Waals surface area contributed by atoms with Crippen molar-refractivity contribution in [3.63, 3.8) is 0 Å². The average Bonchev–Trinajstić information content (AvgIpc) is 3.03. The molecule has 2 aromatic rings. The van der Waals surface area contributed by atoms with Crippen molar-refractivity contribution < 1.29 is 33.3 Å². The van der Waals surface area contributed by atoms with Crippen molar-refractivity contribution in [3.8, 4) is 17.2 Å². The van der Waals surface area contributed by atoms with Gasteiger partial charge in [-0.15, -0.1) is 0 Å². The van der Waals surface area contributed by atoms with E-state index < -0.39 is 23.4 Å². The maximum atomic E-state index is 14.4. The van der Waals surface area contributed by atoms with E-state index >= 15 is 0 Å². The Morgan fingerprint density at radius 2 is 1.56 bits per heavy atom. The lowest BCUT2D eigenvalue weighted by Crippen LogP contribution is -2.49. The molecule has 1 N–H and O–H groups in total. The van der Waals surface area contributed by atoms with Gasteiger partial charge in [-0.1, -0.05) is 56.0 Å². The molecular formula is C33H45NO7. The van der Waals surface area contributed by atoms with Crippen LogP contribution >= 0.6 is 0 Å². The summed E-state index contributed by atoms with van der Waals surface area (Å²) in [6, 6.07) is 13.3. The molecule has 0 amide bonds. The van der Waals surface area contributed by atoms with Crippen molar-refractivity contribution in [2.75, 3.05) is 34.5 Å². The minimum Gasteiger partial charge on any atom is -0.493 e. The van der Waals surface area contributed by atoms with E-state index in [1.807, 2.05) is 42.5 Å². The lowest BCUT2D eigenvalue weighted by atomic mass is 9.62. The number of carbonyl (C=O) groups is 2. The quantitative estimate of drug-likeness (QED) is 0.186. The van der Waals surface area contributed by atoms with Crippen LogP contribution in [0.1, 0.15) is 75.3 Å². The molecule has 8 nitrogen and oxygen atoms in total. The van der Waals surface area contributed by atoms with Crippen molar-refractivity contribution in [3.05, 3.63) is 53.6 Å². The van der Waals surface area contributed by atoms with Crippen LogP contribution in [0.4, 0.5) is 0 Å². The highest BCUT2D eigenvalue weighted by Crippen LogP contribution is 2.49. The van der Waals surface area contributed by atoms with Crippen molar-refractivity contribution >= 4 is 11.9 Å². The molecule has 1 saturated heterocycles. The molecule has 0 bridgehead atoms. The maximum Gasteiger partial charge on any atom is 0.330 e. The van der Waals surface area contributed by atoms with Crippen LogP contribution < -0.4 is 19.5 Å². The van der Waals surface area contributed by atoms with Gasteiger partial charge in [0, 0.05) is 6.61 Å². The second kappa shape index (κ2) is 15.2. The van der Waals surface area contributed by atoms with Crippen LogP contribution in [0.3, 0.4) is 0 Å². The summed E-state index contributed by atoms with van der Waals surface area (Å²) in [6.45, 7) is 1.71. The summed E-state index contributed by atoms with van der Waals surface area (Å²) in [5.41, 5.74) is 0.741. The standard InChI is InChI=1S/C33H45NO7/c1-37-28-21-26(22-29(38-2)30(28)39-3)33(25-15-8-5-9-16-25,18-12-20-40-23-24-13-6-4-7-14-24)32(36)41-31(35)27-17-10-11-19-34-27/h4,6-7,13-14,21-22,25,27,34H,5,8-12,15-20,23H2,1-3H3/t27?,33-/m0/s1. The van der Waals surface area contributed by atoms with Crippen molar-refractivity contribution in [2.24, 2.45) is 5.92 Å². The first kappa shape index (κ1) is 30.8. The van der Waals surface area contributed by atoms with Crippen molar-refractivity contribution in [1.82, 2.24) is 5.32 Å². The molecule has 2 fully saturated rings. The van der Waals surface area contributed by atoms with Crippen LogP contribution in [-0.2, 0) is 31.1 Å². The molecule has 0 aromatic heterocycles. The van der Waals surface area contributed by atoms with Crippen LogP contribution in [0.2, 0.25) is 0 Å². The molecule has 41 heavy (non-hydrogen) atoms. The van der Waals surface area contributed by atoms with Crippen molar-refractivity contribution in [2.45, 2.75) is 82.3 Å². The molecule has 1 aliphatic carbocycles. The first-order chi connectivity index (χ1) is 20.0. The highest BCUT2D eigenvalue weighted by molar-refractivity contribution is 5.94. The maximum absolute atomic E-state index is 14.4. The van der Waals surface area contributed by atoms with E-state index in [0.717, 1.165) is 62.6 Å². The molecule has 0 radical (unpaired) electrons. The van der Waals surface area contributed by atoms with Gasteiger partial charge in [0.15, 0.2) is 11.5 Å². The zero-order valence-electron chi connectivity index (χ0n) is 24.7. The largest absolute Gasteiger partial charge is 0.493 e. The zero-order valence-corrected chi connectivity index (χ0v) is 24.7. The first-order valence-electron chi connectivity index (χ1n) is 14.9. The Morgan fingerprint density at radius 3 is 2.17 bits per heavy atom. The number of rotatable bonds is 13. The normalized spacial score (nSPS) is 19.1. The summed E-state index contributed by atoms with van der Waals surface area (Å²) in [4.78, 5) is 27.7. The molecular weight excluding hydrogens is 522 g/mol. The summed E-state index contributed by atoms with van der Waals surface area (Å²) >= 11 is 0. The predicted molar refractivity (Wildman–Crippen MR) is 156 cm³/mol. The molecule has 8 heteroatoms. The smallest absolute Gasteiger partial charge is 0.330 e. The number of hydrogen-bond acceptors (Lipinski definition) is 8. The molecule has 0 spiro atoms. The van der Waals surface area contributed by atoms with Crippen LogP contribution in [0, 0.1) is 5.92 Å². The third-order valence-corrected chi connectivity index (χ3v) is 8.61. The second-order valence-electron chi connectivity index (χ2n) is 11.1. The van der Waals surface area contributed by atoms with Gasteiger partial charge in [0.05, 0.1) is 33.4 Å². The molecule has 1 heterocycles. The van der Waals surface area contributed by atoms with Gasteiger partial charge in [-0.3, -0.25) is 4.79 Å². The number of esters is 2. The van der Waals surface area contributed by atoms with Crippen LogP contribution in [0.25, 0.3) is 0 Å². The fourth-order valence-corrected chi connectivity index (χ4v) is 6.43. The van der Waals surface area contributed by atoms with Gasteiger partial charge in [-0.2, -0.15) is 0 Å². The van der Waals surface area contributed by atoms with Gasteiger partial charge < -0.3 is 29.0 Å². The van der Waals surface area contributed by atoms with Crippen LogP contribution in [0.15, 0.2) is 42.5 Å². The first-order valence-corrected chi connectivity index (χ1v) is 14.9. The number of carbonyl (C=O) groups excluding carboxylic acids is 2. The van der Waals surface area contributed by atoms with E-state index in [9.17, 15) is 9.59 Å². The lowest BCUT2D eigenvalue weighted by molar-refractivity contribution is -0.168. The van der Waals surface area contributed by atoms with Gasteiger partial charge in [0.2, 0.25) is 5.75 Å². The van der Waals surface area contributed by atoms with E-state index in [4.69, 9.17) is 23.7 Å². The topological polar surface area (TPSA) is 92.3 Å². The Morgan fingerprint density at radius 1 is 0.878 bits per heavy atom. The minimum atomic E-state index is -1.08.